The average molecular weight is 186 g/mol. The third-order valence-corrected chi connectivity index (χ3v) is 2.06. The van der Waals surface area contributed by atoms with E-state index in [9.17, 15) is 0 Å². The predicted octanol–water partition coefficient (Wildman–Crippen LogP) is 1.59. The number of benzene rings is 1. The smallest absolute Gasteiger partial charge is 0.0626 e. The van der Waals surface area contributed by atoms with Crippen molar-refractivity contribution in [3.05, 3.63) is 34.9 Å². The van der Waals surface area contributed by atoms with Crippen LogP contribution in [-0.4, -0.2) is 18.8 Å². The number of rotatable bonds is 3. The summed E-state index contributed by atoms with van der Waals surface area (Å²) in [7, 11) is 1.81. The molecule has 0 heterocycles. The van der Waals surface area contributed by atoms with Crippen LogP contribution in [0.5, 0.6) is 0 Å². The lowest BCUT2D eigenvalue weighted by molar-refractivity contribution is 0.251. The van der Waals surface area contributed by atoms with Crippen molar-refractivity contribution in [2.45, 2.75) is 6.04 Å². The van der Waals surface area contributed by atoms with Crippen molar-refractivity contribution in [2.75, 3.05) is 13.7 Å². The van der Waals surface area contributed by atoms with Gasteiger partial charge in [-0.15, -0.1) is 0 Å². The predicted molar refractivity (Wildman–Crippen MR) is 50.3 cm³/mol. The number of hydrogen-bond acceptors (Lipinski definition) is 2. The monoisotopic (exact) mass is 185 g/mol. The van der Waals surface area contributed by atoms with E-state index >= 15 is 0 Å². The van der Waals surface area contributed by atoms with Crippen LogP contribution in [0.3, 0.4) is 0 Å². The zero-order valence-electron chi connectivity index (χ0n) is 6.92. The Balaban J connectivity index is 2.80. The Labute approximate surface area is 77.2 Å². The van der Waals surface area contributed by atoms with Crippen molar-refractivity contribution in [3.8, 4) is 0 Å². The molecule has 2 N–H and O–H groups in total. The van der Waals surface area contributed by atoms with Crippen LogP contribution in [0.15, 0.2) is 24.3 Å². The minimum Gasteiger partial charge on any atom is -0.394 e. The highest BCUT2D eigenvalue weighted by molar-refractivity contribution is 6.30. The van der Waals surface area contributed by atoms with Crippen molar-refractivity contribution >= 4 is 11.6 Å². The first-order chi connectivity index (χ1) is 5.77. The third kappa shape index (κ3) is 2.21. The molecule has 1 atom stereocenters. The first-order valence-electron chi connectivity index (χ1n) is 3.81. The van der Waals surface area contributed by atoms with Gasteiger partial charge in [-0.2, -0.15) is 0 Å². The van der Waals surface area contributed by atoms with Crippen LogP contribution in [-0.2, 0) is 0 Å². The van der Waals surface area contributed by atoms with Crippen LogP contribution in [0, 0.1) is 0 Å². The van der Waals surface area contributed by atoms with E-state index in [4.69, 9.17) is 16.7 Å². The zero-order chi connectivity index (χ0) is 8.97. The lowest BCUT2D eigenvalue weighted by atomic mass is 10.1. The lowest BCUT2D eigenvalue weighted by Gasteiger charge is -2.12. The highest BCUT2D eigenvalue weighted by Crippen LogP contribution is 2.15. The number of aliphatic hydroxyl groups is 1. The molecule has 0 amide bonds. The molecule has 0 spiro atoms. The molecule has 0 fully saturated rings. The molecular formula is C9H12ClNO. The maximum atomic E-state index is 8.95. The molecular weight excluding hydrogens is 174 g/mol. The Morgan fingerprint density at radius 3 is 2.42 bits per heavy atom. The van der Waals surface area contributed by atoms with Gasteiger partial charge in [0.15, 0.2) is 0 Å². The number of nitrogens with one attached hydrogen (secondary N) is 1. The largest absolute Gasteiger partial charge is 0.394 e. The van der Waals surface area contributed by atoms with Gasteiger partial charge in [0.05, 0.1) is 12.6 Å². The molecule has 2 nitrogen and oxygen atoms in total. The Morgan fingerprint density at radius 1 is 1.42 bits per heavy atom. The van der Waals surface area contributed by atoms with Crippen molar-refractivity contribution in [1.82, 2.24) is 5.32 Å². The molecule has 0 aromatic heterocycles. The second-order valence-electron chi connectivity index (χ2n) is 2.58. The maximum Gasteiger partial charge on any atom is 0.0626 e. The van der Waals surface area contributed by atoms with E-state index in [1.807, 2.05) is 31.3 Å². The van der Waals surface area contributed by atoms with Crippen LogP contribution in [0.25, 0.3) is 0 Å². The van der Waals surface area contributed by atoms with E-state index in [0.717, 1.165) is 5.56 Å². The van der Waals surface area contributed by atoms with Crippen LogP contribution in [0.1, 0.15) is 11.6 Å². The molecule has 1 aromatic rings. The van der Waals surface area contributed by atoms with Crippen molar-refractivity contribution in [2.24, 2.45) is 0 Å². The fourth-order valence-corrected chi connectivity index (χ4v) is 1.18. The van der Waals surface area contributed by atoms with Gasteiger partial charge < -0.3 is 10.4 Å². The summed E-state index contributed by atoms with van der Waals surface area (Å²) in [5.74, 6) is 0. The quantitative estimate of drug-likeness (QED) is 0.750. The van der Waals surface area contributed by atoms with Crippen molar-refractivity contribution in [3.63, 3.8) is 0 Å². The summed E-state index contributed by atoms with van der Waals surface area (Å²) < 4.78 is 0. The van der Waals surface area contributed by atoms with Crippen LogP contribution >= 0.6 is 11.6 Å². The minimum absolute atomic E-state index is 0.00210. The normalized spacial score (nSPS) is 12.9. The first-order valence-corrected chi connectivity index (χ1v) is 4.19. The zero-order valence-corrected chi connectivity index (χ0v) is 7.67. The first kappa shape index (κ1) is 9.52. The van der Waals surface area contributed by atoms with Gasteiger partial charge in [0.25, 0.3) is 0 Å². The summed E-state index contributed by atoms with van der Waals surface area (Å²) >= 11 is 5.72. The molecule has 1 aromatic carbocycles. The van der Waals surface area contributed by atoms with Gasteiger partial charge >= 0.3 is 0 Å². The van der Waals surface area contributed by atoms with Crippen molar-refractivity contribution < 1.29 is 5.11 Å². The Bertz CT molecular complexity index is 231. The molecule has 0 aliphatic heterocycles. The van der Waals surface area contributed by atoms with Gasteiger partial charge in [-0.3, -0.25) is 0 Å². The summed E-state index contributed by atoms with van der Waals surface area (Å²) in [5, 5.41) is 12.7. The fourth-order valence-electron chi connectivity index (χ4n) is 1.06. The Morgan fingerprint density at radius 2 is 2.00 bits per heavy atom. The maximum absolute atomic E-state index is 8.95. The second kappa shape index (κ2) is 4.45. The highest BCUT2D eigenvalue weighted by Gasteiger charge is 2.05. The molecule has 0 bridgehead atoms. The SMILES string of the molecule is CN[C@@H](CO)c1ccc(Cl)cc1. The van der Waals surface area contributed by atoms with E-state index in [0.29, 0.717) is 5.02 Å². The number of aliphatic hydroxyl groups excluding tert-OH is 1. The molecule has 1 rings (SSSR count). The number of hydrogen-bond donors (Lipinski definition) is 2. The minimum atomic E-state index is 0.00210. The van der Waals surface area contributed by atoms with Crippen molar-refractivity contribution in [1.29, 1.82) is 0 Å². The van der Waals surface area contributed by atoms with Gasteiger partial charge in [0.2, 0.25) is 0 Å². The fraction of sp³-hybridized carbons (Fsp3) is 0.333. The van der Waals surface area contributed by atoms with Gasteiger partial charge in [0, 0.05) is 5.02 Å². The van der Waals surface area contributed by atoms with Gasteiger partial charge in [-0.05, 0) is 24.7 Å². The number of likely N-dealkylation sites (N-methyl/N-ethyl adjacent to an activating group) is 1. The Kier molecular flexibility index (Phi) is 3.53. The molecule has 0 saturated heterocycles. The molecule has 12 heavy (non-hydrogen) atoms. The van der Waals surface area contributed by atoms with Crippen LogP contribution in [0.4, 0.5) is 0 Å². The summed E-state index contributed by atoms with van der Waals surface area (Å²) in [4.78, 5) is 0. The highest BCUT2D eigenvalue weighted by atomic mass is 35.5. The van der Waals surface area contributed by atoms with Gasteiger partial charge in [-0.25, -0.2) is 0 Å². The summed E-state index contributed by atoms with van der Waals surface area (Å²) in [5.41, 5.74) is 1.05. The lowest BCUT2D eigenvalue weighted by Crippen LogP contribution is -2.19. The van der Waals surface area contributed by atoms with E-state index in [1.54, 1.807) is 0 Å². The molecule has 0 unspecified atom stereocenters. The molecule has 66 valence electrons. The molecule has 3 heteroatoms. The molecule has 0 aliphatic rings. The summed E-state index contributed by atoms with van der Waals surface area (Å²) in [6, 6.07) is 7.44. The molecule has 0 radical (unpaired) electrons. The van der Waals surface area contributed by atoms with Gasteiger partial charge in [0.1, 0.15) is 0 Å². The second-order valence-corrected chi connectivity index (χ2v) is 3.01. The molecule has 0 aliphatic carbocycles. The van der Waals surface area contributed by atoms with E-state index < -0.39 is 0 Å². The summed E-state index contributed by atoms with van der Waals surface area (Å²) in [6.07, 6.45) is 0. The standard InChI is InChI=1S/C9H12ClNO/c1-11-9(6-12)7-2-4-8(10)5-3-7/h2-5,9,11-12H,6H2,1H3/t9-/m0/s1. The average Bonchev–Trinajstić information content (AvgIpc) is 2.10. The Hall–Kier alpha value is -0.570. The molecule has 0 saturated carbocycles. The van der Waals surface area contributed by atoms with Gasteiger partial charge in [-0.1, -0.05) is 23.7 Å². The van der Waals surface area contributed by atoms with Crippen LogP contribution in [0.2, 0.25) is 5.02 Å². The number of halogens is 1. The van der Waals surface area contributed by atoms with E-state index in [2.05, 4.69) is 5.32 Å². The third-order valence-electron chi connectivity index (χ3n) is 1.80. The van der Waals surface area contributed by atoms with E-state index in [-0.39, 0.29) is 12.6 Å². The van der Waals surface area contributed by atoms with Crippen LogP contribution < -0.4 is 5.32 Å². The summed E-state index contributed by atoms with van der Waals surface area (Å²) in [6.45, 7) is 0.0954. The topological polar surface area (TPSA) is 32.3 Å². The van der Waals surface area contributed by atoms with E-state index in [1.165, 1.54) is 0 Å².